The Bertz CT molecular complexity index is 830. The summed E-state index contributed by atoms with van der Waals surface area (Å²) in [5, 5.41) is 3.47. The largest absolute Gasteiger partial charge is 0.489 e. The lowest BCUT2D eigenvalue weighted by atomic mass is 10.1. The van der Waals surface area contributed by atoms with E-state index in [1.807, 2.05) is 30.3 Å². The minimum Gasteiger partial charge on any atom is -0.489 e. The molecule has 3 aromatic carbocycles. The molecule has 0 aliphatic carbocycles. The van der Waals surface area contributed by atoms with Crippen LogP contribution in [-0.2, 0) is 13.2 Å². The maximum absolute atomic E-state index is 5.84. The molecule has 1 N–H and O–H groups in total. The van der Waals surface area contributed by atoms with Crippen molar-refractivity contribution in [2.24, 2.45) is 0 Å². The molecule has 0 aromatic heterocycles. The van der Waals surface area contributed by atoms with Crippen LogP contribution < -0.4 is 10.1 Å². The number of nitrogens with one attached hydrogen (secondary N) is 1. The highest BCUT2D eigenvalue weighted by Gasteiger charge is 2.01. The number of halogens is 2. The maximum atomic E-state index is 5.84. The maximum Gasteiger partial charge on any atom is 0.119 e. The Kier molecular flexibility index (Phi) is 6.16. The van der Waals surface area contributed by atoms with Crippen molar-refractivity contribution in [2.45, 2.75) is 20.1 Å². The Morgan fingerprint density at radius 3 is 2.12 bits per heavy atom. The second-order valence-corrected chi connectivity index (χ2v) is 7.70. The zero-order valence-corrected chi connectivity index (χ0v) is 17.1. The molecule has 128 valence electrons. The quantitative estimate of drug-likeness (QED) is 0.441. The summed E-state index contributed by atoms with van der Waals surface area (Å²) in [6.45, 7) is 3.46. The fraction of sp³-hybridized carbons (Fsp3) is 0.143. The molecular weight excluding hydrogens is 442 g/mol. The van der Waals surface area contributed by atoms with Gasteiger partial charge in [0.1, 0.15) is 12.4 Å². The van der Waals surface area contributed by atoms with Gasteiger partial charge >= 0.3 is 0 Å². The van der Waals surface area contributed by atoms with Crippen LogP contribution in [0, 0.1) is 6.92 Å². The number of ether oxygens (including phenoxy) is 1. The molecular formula is C21H19Br2NO. The summed E-state index contributed by atoms with van der Waals surface area (Å²) in [5.41, 5.74) is 4.75. The van der Waals surface area contributed by atoms with Gasteiger partial charge in [0.15, 0.2) is 0 Å². The Morgan fingerprint density at radius 1 is 0.800 bits per heavy atom. The van der Waals surface area contributed by atoms with Gasteiger partial charge in [0, 0.05) is 21.2 Å². The molecule has 0 heterocycles. The number of anilines is 1. The van der Waals surface area contributed by atoms with Crippen LogP contribution >= 0.6 is 31.9 Å². The van der Waals surface area contributed by atoms with Crippen LogP contribution in [0.2, 0.25) is 0 Å². The van der Waals surface area contributed by atoms with Crippen LogP contribution in [0.4, 0.5) is 5.69 Å². The van der Waals surface area contributed by atoms with Crippen molar-refractivity contribution in [1.29, 1.82) is 0 Å². The van der Waals surface area contributed by atoms with Crippen LogP contribution in [0.1, 0.15) is 16.7 Å². The molecule has 0 atom stereocenters. The van der Waals surface area contributed by atoms with E-state index in [9.17, 15) is 0 Å². The molecule has 25 heavy (non-hydrogen) atoms. The zero-order valence-electron chi connectivity index (χ0n) is 13.9. The molecule has 0 spiro atoms. The minimum absolute atomic E-state index is 0.572. The molecule has 0 bridgehead atoms. The normalized spacial score (nSPS) is 10.5. The van der Waals surface area contributed by atoms with Crippen LogP contribution in [0.25, 0.3) is 0 Å². The minimum atomic E-state index is 0.572. The third kappa shape index (κ3) is 5.35. The number of hydrogen-bond acceptors (Lipinski definition) is 2. The Hall–Kier alpha value is -1.78. The second kappa shape index (κ2) is 8.54. The van der Waals surface area contributed by atoms with Crippen LogP contribution in [0.5, 0.6) is 5.75 Å². The van der Waals surface area contributed by atoms with Crippen molar-refractivity contribution < 1.29 is 4.74 Å². The number of benzene rings is 3. The van der Waals surface area contributed by atoms with Gasteiger partial charge < -0.3 is 10.1 Å². The van der Waals surface area contributed by atoms with E-state index in [4.69, 9.17) is 4.74 Å². The average molecular weight is 461 g/mol. The van der Waals surface area contributed by atoms with E-state index in [-0.39, 0.29) is 0 Å². The highest BCUT2D eigenvalue weighted by Crippen LogP contribution is 2.21. The summed E-state index contributed by atoms with van der Waals surface area (Å²) in [6.07, 6.45) is 0. The van der Waals surface area contributed by atoms with Crippen molar-refractivity contribution in [3.05, 3.63) is 92.4 Å². The van der Waals surface area contributed by atoms with Gasteiger partial charge in [-0.3, -0.25) is 0 Å². The average Bonchev–Trinajstić information content (AvgIpc) is 2.61. The van der Waals surface area contributed by atoms with Gasteiger partial charge in [0.2, 0.25) is 0 Å². The van der Waals surface area contributed by atoms with E-state index in [2.05, 4.69) is 80.5 Å². The summed E-state index contributed by atoms with van der Waals surface area (Å²) >= 11 is 6.93. The number of rotatable bonds is 6. The lowest BCUT2D eigenvalue weighted by Crippen LogP contribution is -2.01. The second-order valence-electron chi connectivity index (χ2n) is 5.87. The first kappa shape index (κ1) is 18.0. The fourth-order valence-corrected chi connectivity index (χ4v) is 3.21. The topological polar surface area (TPSA) is 21.3 Å². The van der Waals surface area contributed by atoms with E-state index in [0.717, 1.165) is 32.5 Å². The van der Waals surface area contributed by atoms with E-state index >= 15 is 0 Å². The van der Waals surface area contributed by atoms with Gasteiger partial charge in [-0.2, -0.15) is 0 Å². The molecule has 0 saturated carbocycles. The molecule has 0 amide bonds. The van der Waals surface area contributed by atoms with Crippen LogP contribution in [0.15, 0.2) is 75.7 Å². The van der Waals surface area contributed by atoms with Gasteiger partial charge in [-0.25, -0.2) is 0 Å². The third-order valence-corrected chi connectivity index (χ3v) is 4.94. The SMILES string of the molecule is Cc1cc(Br)ccc1NCc1ccc(OCc2ccc(Br)cc2)cc1. The van der Waals surface area contributed by atoms with E-state index in [0.29, 0.717) is 6.61 Å². The number of aryl methyl sites for hydroxylation is 1. The molecule has 0 saturated heterocycles. The first-order valence-electron chi connectivity index (χ1n) is 8.06. The van der Waals surface area contributed by atoms with Gasteiger partial charge in [-0.1, -0.05) is 56.1 Å². The monoisotopic (exact) mass is 459 g/mol. The van der Waals surface area contributed by atoms with Crippen molar-refractivity contribution in [1.82, 2.24) is 0 Å². The van der Waals surface area contributed by atoms with Gasteiger partial charge in [0.25, 0.3) is 0 Å². The summed E-state index contributed by atoms with van der Waals surface area (Å²) in [5.74, 6) is 0.881. The Labute approximate surface area is 165 Å². The molecule has 0 aliphatic rings. The zero-order chi connectivity index (χ0) is 17.6. The summed E-state index contributed by atoms with van der Waals surface area (Å²) in [7, 11) is 0. The Morgan fingerprint density at radius 2 is 1.44 bits per heavy atom. The standard InChI is InChI=1S/C21H19Br2NO/c1-15-12-19(23)8-11-21(15)24-13-16-4-9-20(10-5-16)25-14-17-2-6-18(22)7-3-17/h2-12,24H,13-14H2,1H3. The van der Waals surface area contributed by atoms with Gasteiger partial charge in [0.05, 0.1) is 0 Å². The first-order valence-corrected chi connectivity index (χ1v) is 9.65. The highest BCUT2D eigenvalue weighted by molar-refractivity contribution is 9.10. The van der Waals surface area contributed by atoms with Gasteiger partial charge in [-0.05, 0) is 66.1 Å². The molecule has 0 radical (unpaired) electrons. The van der Waals surface area contributed by atoms with E-state index in [1.165, 1.54) is 11.1 Å². The molecule has 0 fully saturated rings. The molecule has 4 heteroatoms. The van der Waals surface area contributed by atoms with E-state index in [1.54, 1.807) is 0 Å². The van der Waals surface area contributed by atoms with Crippen LogP contribution in [0.3, 0.4) is 0 Å². The lowest BCUT2D eigenvalue weighted by molar-refractivity contribution is 0.306. The number of hydrogen-bond donors (Lipinski definition) is 1. The van der Waals surface area contributed by atoms with Crippen LogP contribution in [-0.4, -0.2) is 0 Å². The van der Waals surface area contributed by atoms with Gasteiger partial charge in [-0.15, -0.1) is 0 Å². The highest BCUT2D eigenvalue weighted by atomic mass is 79.9. The van der Waals surface area contributed by atoms with Crippen molar-refractivity contribution >= 4 is 37.5 Å². The molecule has 0 unspecified atom stereocenters. The molecule has 0 aliphatic heterocycles. The summed E-state index contributed by atoms with van der Waals surface area (Å²) < 4.78 is 8.02. The summed E-state index contributed by atoms with van der Waals surface area (Å²) in [4.78, 5) is 0. The predicted octanol–water partition coefficient (Wildman–Crippen LogP) is 6.71. The predicted molar refractivity (Wildman–Crippen MR) is 111 cm³/mol. The van der Waals surface area contributed by atoms with Crippen molar-refractivity contribution in [3.8, 4) is 5.75 Å². The van der Waals surface area contributed by atoms with E-state index < -0.39 is 0 Å². The Balaban J connectivity index is 1.54. The molecule has 3 rings (SSSR count). The van der Waals surface area contributed by atoms with Crippen molar-refractivity contribution in [3.63, 3.8) is 0 Å². The summed E-state index contributed by atoms with van der Waals surface area (Å²) in [6, 6.07) is 22.6. The third-order valence-electron chi connectivity index (χ3n) is 3.91. The molecule has 3 aromatic rings. The van der Waals surface area contributed by atoms with Crippen molar-refractivity contribution in [2.75, 3.05) is 5.32 Å². The lowest BCUT2D eigenvalue weighted by Gasteiger charge is -2.11. The fourth-order valence-electron chi connectivity index (χ4n) is 2.47. The molecule has 2 nitrogen and oxygen atoms in total. The smallest absolute Gasteiger partial charge is 0.119 e. The first-order chi connectivity index (χ1) is 12.1.